The fourth-order valence-corrected chi connectivity index (χ4v) is 2.22. The minimum atomic E-state index is -0.145. The summed E-state index contributed by atoms with van der Waals surface area (Å²) in [5.74, 6) is 1.35. The number of benzene rings is 2. The average molecular weight is 307 g/mol. The molecule has 3 aromatic rings. The van der Waals surface area contributed by atoms with E-state index >= 15 is 0 Å². The lowest BCUT2D eigenvalue weighted by atomic mass is 10.1. The molecule has 1 N–H and O–H groups in total. The Morgan fingerprint density at radius 2 is 1.74 bits per heavy atom. The van der Waals surface area contributed by atoms with Crippen molar-refractivity contribution in [3.8, 4) is 5.75 Å². The first-order valence-corrected chi connectivity index (χ1v) is 7.39. The molecule has 0 aliphatic carbocycles. The van der Waals surface area contributed by atoms with Crippen molar-refractivity contribution >= 4 is 5.91 Å². The fraction of sp³-hybridized carbons (Fsp3) is 0.105. The number of carbonyl (C=O) groups excluding carboxylic acids is 1. The molecule has 0 aliphatic heterocycles. The number of hydrogen-bond acceptors (Lipinski definition) is 3. The van der Waals surface area contributed by atoms with Crippen LogP contribution in [0.4, 0.5) is 0 Å². The first-order valence-electron chi connectivity index (χ1n) is 7.39. The first-order chi connectivity index (χ1) is 11.3. The van der Waals surface area contributed by atoms with Crippen LogP contribution in [0.3, 0.4) is 0 Å². The Kier molecular flexibility index (Phi) is 4.74. The number of rotatable bonds is 6. The topological polar surface area (TPSA) is 51.5 Å². The number of para-hydroxylation sites is 1. The predicted molar refractivity (Wildman–Crippen MR) is 87.1 cm³/mol. The van der Waals surface area contributed by atoms with Gasteiger partial charge in [-0.1, -0.05) is 36.4 Å². The minimum Gasteiger partial charge on any atom is -0.489 e. The van der Waals surface area contributed by atoms with Crippen molar-refractivity contribution < 1.29 is 13.9 Å². The highest BCUT2D eigenvalue weighted by Gasteiger charge is 2.11. The van der Waals surface area contributed by atoms with Crippen LogP contribution in [0, 0.1) is 0 Å². The lowest BCUT2D eigenvalue weighted by molar-refractivity contribution is 0.0945. The van der Waals surface area contributed by atoms with Gasteiger partial charge < -0.3 is 14.5 Å². The minimum absolute atomic E-state index is 0.145. The van der Waals surface area contributed by atoms with E-state index in [4.69, 9.17) is 9.15 Å². The highest BCUT2D eigenvalue weighted by Crippen LogP contribution is 2.15. The van der Waals surface area contributed by atoms with E-state index in [2.05, 4.69) is 5.32 Å². The van der Waals surface area contributed by atoms with E-state index in [0.717, 1.165) is 17.1 Å². The Bertz CT molecular complexity index is 751. The van der Waals surface area contributed by atoms with Crippen LogP contribution in [0.1, 0.15) is 21.7 Å². The third-order valence-electron chi connectivity index (χ3n) is 3.40. The first kappa shape index (κ1) is 14.9. The molecular weight excluding hydrogens is 290 g/mol. The number of carbonyl (C=O) groups is 1. The highest BCUT2D eigenvalue weighted by molar-refractivity contribution is 5.95. The maximum absolute atomic E-state index is 12.4. The summed E-state index contributed by atoms with van der Waals surface area (Å²) in [5, 5.41) is 2.85. The molecule has 0 atom stereocenters. The van der Waals surface area contributed by atoms with Crippen LogP contribution in [0.25, 0.3) is 0 Å². The highest BCUT2D eigenvalue weighted by atomic mass is 16.5. The molecule has 4 nitrogen and oxygen atoms in total. The summed E-state index contributed by atoms with van der Waals surface area (Å²) < 4.78 is 11.0. The smallest absolute Gasteiger partial charge is 0.252 e. The monoisotopic (exact) mass is 307 g/mol. The van der Waals surface area contributed by atoms with Crippen LogP contribution in [-0.2, 0) is 13.2 Å². The largest absolute Gasteiger partial charge is 0.489 e. The molecule has 0 bridgehead atoms. The van der Waals surface area contributed by atoms with Crippen molar-refractivity contribution in [3.63, 3.8) is 0 Å². The quantitative estimate of drug-likeness (QED) is 0.754. The normalized spacial score (nSPS) is 10.3. The number of hydrogen-bond donors (Lipinski definition) is 1. The van der Waals surface area contributed by atoms with Crippen molar-refractivity contribution in [2.45, 2.75) is 13.2 Å². The SMILES string of the molecule is O=C(NCc1ccco1)c1ccccc1COc1ccccc1. The third-order valence-corrected chi connectivity index (χ3v) is 3.40. The van der Waals surface area contributed by atoms with Crippen LogP contribution in [0.2, 0.25) is 0 Å². The summed E-state index contributed by atoms with van der Waals surface area (Å²) in [6.07, 6.45) is 1.59. The second-order valence-corrected chi connectivity index (χ2v) is 5.02. The van der Waals surface area contributed by atoms with Gasteiger partial charge in [-0.3, -0.25) is 4.79 Å². The molecule has 4 heteroatoms. The van der Waals surface area contributed by atoms with Crippen molar-refractivity contribution in [3.05, 3.63) is 89.9 Å². The molecule has 0 aliphatic rings. The molecule has 3 rings (SSSR count). The molecular formula is C19H17NO3. The van der Waals surface area contributed by atoms with Gasteiger partial charge in [0.05, 0.1) is 12.8 Å². The van der Waals surface area contributed by atoms with Crippen molar-refractivity contribution in [1.29, 1.82) is 0 Å². The summed E-state index contributed by atoms with van der Waals surface area (Å²) in [6, 6.07) is 20.6. The van der Waals surface area contributed by atoms with Crippen molar-refractivity contribution in [2.75, 3.05) is 0 Å². The second kappa shape index (κ2) is 7.31. The van der Waals surface area contributed by atoms with Gasteiger partial charge in [0.2, 0.25) is 0 Å². The summed E-state index contributed by atoms with van der Waals surface area (Å²) in [7, 11) is 0. The molecule has 2 aromatic carbocycles. The maximum Gasteiger partial charge on any atom is 0.252 e. The van der Waals surface area contributed by atoms with Gasteiger partial charge in [-0.25, -0.2) is 0 Å². The molecule has 23 heavy (non-hydrogen) atoms. The van der Waals surface area contributed by atoms with Crippen LogP contribution in [0.15, 0.2) is 77.4 Å². The molecule has 116 valence electrons. The average Bonchev–Trinajstić information content (AvgIpc) is 3.12. The number of nitrogens with one attached hydrogen (secondary N) is 1. The van der Waals surface area contributed by atoms with Gasteiger partial charge in [0.25, 0.3) is 5.91 Å². The van der Waals surface area contributed by atoms with Gasteiger partial charge in [0.1, 0.15) is 18.1 Å². The van der Waals surface area contributed by atoms with Gasteiger partial charge in [-0.15, -0.1) is 0 Å². The lowest BCUT2D eigenvalue weighted by Crippen LogP contribution is -2.24. The van der Waals surface area contributed by atoms with Gasteiger partial charge in [-0.2, -0.15) is 0 Å². The standard InChI is InChI=1S/C19H17NO3/c21-19(20-13-17-10-6-12-22-17)18-11-5-4-7-15(18)14-23-16-8-2-1-3-9-16/h1-12H,13-14H2,(H,20,21). The van der Waals surface area contributed by atoms with E-state index in [-0.39, 0.29) is 5.91 Å². The predicted octanol–water partition coefficient (Wildman–Crippen LogP) is 3.79. The second-order valence-electron chi connectivity index (χ2n) is 5.02. The summed E-state index contributed by atoms with van der Waals surface area (Å²) in [5.41, 5.74) is 1.45. The van der Waals surface area contributed by atoms with Gasteiger partial charge in [-0.05, 0) is 30.3 Å². The molecule has 1 aromatic heterocycles. The van der Waals surface area contributed by atoms with Crippen LogP contribution >= 0.6 is 0 Å². The van der Waals surface area contributed by atoms with Gasteiger partial charge in [0, 0.05) is 11.1 Å². The van der Waals surface area contributed by atoms with E-state index in [1.165, 1.54) is 0 Å². The zero-order valence-corrected chi connectivity index (χ0v) is 12.6. The summed E-state index contributed by atoms with van der Waals surface area (Å²) in [6.45, 7) is 0.702. The van der Waals surface area contributed by atoms with E-state index in [1.807, 2.05) is 54.6 Å². The molecule has 0 spiro atoms. The molecule has 1 heterocycles. The molecule has 0 saturated heterocycles. The molecule has 0 radical (unpaired) electrons. The Labute approximate surface area is 134 Å². The fourth-order valence-electron chi connectivity index (χ4n) is 2.22. The van der Waals surface area contributed by atoms with E-state index in [0.29, 0.717) is 18.7 Å². The lowest BCUT2D eigenvalue weighted by Gasteiger charge is -2.11. The molecule has 0 fully saturated rings. The zero-order valence-electron chi connectivity index (χ0n) is 12.6. The zero-order chi connectivity index (χ0) is 15.9. The summed E-state index contributed by atoms with van der Waals surface area (Å²) in [4.78, 5) is 12.4. The Hall–Kier alpha value is -3.01. The van der Waals surface area contributed by atoms with E-state index in [1.54, 1.807) is 18.4 Å². The van der Waals surface area contributed by atoms with E-state index < -0.39 is 0 Å². The molecule has 0 saturated carbocycles. The Balaban J connectivity index is 1.66. The molecule has 0 unspecified atom stereocenters. The van der Waals surface area contributed by atoms with Gasteiger partial charge >= 0.3 is 0 Å². The van der Waals surface area contributed by atoms with Crippen molar-refractivity contribution in [2.24, 2.45) is 0 Å². The Morgan fingerprint density at radius 1 is 0.957 bits per heavy atom. The van der Waals surface area contributed by atoms with Crippen LogP contribution in [0.5, 0.6) is 5.75 Å². The van der Waals surface area contributed by atoms with Crippen molar-refractivity contribution in [1.82, 2.24) is 5.32 Å². The summed E-state index contributed by atoms with van der Waals surface area (Å²) >= 11 is 0. The number of ether oxygens (including phenoxy) is 1. The van der Waals surface area contributed by atoms with Gasteiger partial charge in [0.15, 0.2) is 0 Å². The molecule has 1 amide bonds. The Morgan fingerprint density at radius 3 is 2.52 bits per heavy atom. The van der Waals surface area contributed by atoms with Crippen LogP contribution < -0.4 is 10.1 Å². The maximum atomic E-state index is 12.4. The number of amides is 1. The van der Waals surface area contributed by atoms with Crippen LogP contribution in [-0.4, -0.2) is 5.91 Å². The van der Waals surface area contributed by atoms with E-state index in [9.17, 15) is 4.79 Å². The third kappa shape index (κ3) is 4.01. The number of furan rings is 1.